The highest BCUT2D eigenvalue weighted by Crippen LogP contribution is 2.35. The van der Waals surface area contributed by atoms with E-state index < -0.39 is 0 Å². The highest BCUT2D eigenvalue weighted by atomic mass is 35.5. The Kier molecular flexibility index (Phi) is 6.42. The second kappa shape index (κ2) is 9.19. The van der Waals surface area contributed by atoms with Crippen molar-refractivity contribution < 1.29 is 9.53 Å². The lowest BCUT2D eigenvalue weighted by atomic mass is 10.2. The molecule has 3 heterocycles. The Morgan fingerprint density at radius 3 is 2.97 bits per heavy atom. The van der Waals surface area contributed by atoms with Crippen LogP contribution >= 0.6 is 34.7 Å². The predicted molar refractivity (Wildman–Crippen MR) is 116 cm³/mol. The maximum absolute atomic E-state index is 12.8. The lowest BCUT2D eigenvalue weighted by Crippen LogP contribution is -2.31. The molecule has 0 bridgehead atoms. The minimum atomic E-state index is 0.141. The summed E-state index contributed by atoms with van der Waals surface area (Å²) in [5.41, 5.74) is 0. The number of hydrogen-bond donors (Lipinski definition) is 0. The maximum Gasteiger partial charge on any atom is 0.233 e. The zero-order chi connectivity index (χ0) is 20.2. The van der Waals surface area contributed by atoms with Gasteiger partial charge in [-0.05, 0) is 36.4 Å². The largest absolute Gasteiger partial charge is 0.484 e. The molecule has 1 atom stereocenters. The Balaban J connectivity index is 1.34. The molecule has 0 radical (unpaired) electrons. The normalized spacial score (nSPS) is 16.3. The summed E-state index contributed by atoms with van der Waals surface area (Å²) in [6.07, 6.45) is 2.08. The molecule has 0 saturated carbocycles. The summed E-state index contributed by atoms with van der Waals surface area (Å²) in [4.78, 5) is 16.1. The number of para-hydroxylation sites is 1. The second-order valence-electron chi connectivity index (χ2n) is 6.73. The lowest BCUT2D eigenvalue weighted by Gasteiger charge is -2.23. The van der Waals surface area contributed by atoms with Crippen LogP contribution in [0.2, 0.25) is 5.02 Å². The van der Waals surface area contributed by atoms with Crippen LogP contribution in [-0.2, 0) is 18.4 Å². The fraction of sp³-hybridized carbons (Fsp3) is 0.350. The van der Waals surface area contributed by atoms with Crippen molar-refractivity contribution in [1.29, 1.82) is 0 Å². The van der Waals surface area contributed by atoms with Crippen molar-refractivity contribution in [2.75, 3.05) is 12.3 Å². The number of nitrogens with zero attached hydrogens (tertiary/aromatic N) is 4. The first kappa shape index (κ1) is 20.3. The number of likely N-dealkylation sites (tertiary alicyclic amines) is 1. The molecular weight excluding hydrogens is 428 g/mol. The number of rotatable bonds is 7. The van der Waals surface area contributed by atoms with E-state index in [1.807, 2.05) is 40.8 Å². The summed E-state index contributed by atoms with van der Waals surface area (Å²) in [7, 11) is 1.88. The van der Waals surface area contributed by atoms with Crippen LogP contribution < -0.4 is 4.74 Å². The monoisotopic (exact) mass is 448 g/mol. The van der Waals surface area contributed by atoms with Crippen LogP contribution in [-0.4, -0.2) is 37.9 Å². The first-order valence-electron chi connectivity index (χ1n) is 9.34. The summed E-state index contributed by atoms with van der Waals surface area (Å²) in [6.45, 7) is 1.08. The van der Waals surface area contributed by atoms with Gasteiger partial charge >= 0.3 is 0 Å². The Hall–Kier alpha value is -2.03. The van der Waals surface area contributed by atoms with Crippen molar-refractivity contribution in [2.45, 2.75) is 30.6 Å². The van der Waals surface area contributed by atoms with Crippen LogP contribution in [0.25, 0.3) is 0 Å². The van der Waals surface area contributed by atoms with Gasteiger partial charge in [0.2, 0.25) is 5.91 Å². The van der Waals surface area contributed by atoms with Gasteiger partial charge in [0.05, 0.1) is 16.8 Å². The number of carbonyl (C=O) groups is 1. The molecule has 0 unspecified atom stereocenters. The molecule has 1 aliphatic heterocycles. The number of aromatic nitrogens is 3. The molecule has 1 fully saturated rings. The molecular formula is C20H21ClN4O2S2. The summed E-state index contributed by atoms with van der Waals surface area (Å²) < 4.78 is 7.60. The zero-order valence-electron chi connectivity index (χ0n) is 16.0. The maximum atomic E-state index is 12.8. The van der Waals surface area contributed by atoms with Gasteiger partial charge in [0, 0.05) is 18.5 Å². The average molecular weight is 449 g/mol. The molecule has 0 spiro atoms. The summed E-state index contributed by atoms with van der Waals surface area (Å²) in [6, 6.07) is 11.7. The van der Waals surface area contributed by atoms with Gasteiger partial charge in [-0.3, -0.25) is 4.79 Å². The SMILES string of the molecule is Cn1c(COc2ccccc2Cl)nnc1SCC(=O)N1CCC[C@@H]1c1cccs1. The number of thioether (sulfide) groups is 1. The highest BCUT2D eigenvalue weighted by Gasteiger charge is 2.30. The van der Waals surface area contributed by atoms with E-state index in [2.05, 4.69) is 21.6 Å². The van der Waals surface area contributed by atoms with Crippen molar-refractivity contribution in [1.82, 2.24) is 19.7 Å². The van der Waals surface area contributed by atoms with Crippen molar-refractivity contribution in [3.8, 4) is 5.75 Å². The third-order valence-corrected chi connectivity index (χ3v) is 7.18. The van der Waals surface area contributed by atoms with Crippen molar-refractivity contribution in [3.05, 3.63) is 57.5 Å². The molecule has 1 aromatic carbocycles. The molecule has 152 valence electrons. The van der Waals surface area contributed by atoms with Crippen molar-refractivity contribution >= 4 is 40.6 Å². The number of ether oxygens (including phenoxy) is 1. The minimum Gasteiger partial charge on any atom is -0.484 e. The predicted octanol–water partition coefficient (Wildman–Crippen LogP) is 4.56. The minimum absolute atomic E-state index is 0.141. The smallest absolute Gasteiger partial charge is 0.233 e. The van der Waals surface area contributed by atoms with E-state index in [4.69, 9.17) is 16.3 Å². The molecule has 29 heavy (non-hydrogen) atoms. The molecule has 3 aromatic rings. The average Bonchev–Trinajstić information content (AvgIpc) is 3.47. The van der Waals surface area contributed by atoms with Crippen LogP contribution in [0, 0.1) is 0 Å². The first-order chi connectivity index (χ1) is 14.1. The van der Waals surface area contributed by atoms with Gasteiger partial charge in [0.15, 0.2) is 11.0 Å². The van der Waals surface area contributed by atoms with Gasteiger partial charge in [-0.25, -0.2) is 0 Å². The summed E-state index contributed by atoms with van der Waals surface area (Å²) >= 11 is 9.24. The molecule has 6 nitrogen and oxygen atoms in total. The molecule has 2 aromatic heterocycles. The van der Waals surface area contributed by atoms with Crippen LogP contribution in [0.1, 0.15) is 29.6 Å². The molecule has 0 aliphatic carbocycles. The van der Waals surface area contributed by atoms with Gasteiger partial charge in [-0.1, -0.05) is 41.6 Å². The van der Waals surface area contributed by atoms with Crippen LogP contribution in [0.15, 0.2) is 46.9 Å². The van der Waals surface area contributed by atoms with E-state index in [-0.39, 0.29) is 18.6 Å². The first-order valence-corrected chi connectivity index (χ1v) is 11.6. The summed E-state index contributed by atoms with van der Waals surface area (Å²) in [5.74, 6) is 1.77. The Labute approximate surface area is 182 Å². The molecule has 1 aliphatic rings. The molecule has 4 rings (SSSR count). The Morgan fingerprint density at radius 2 is 2.17 bits per heavy atom. The number of hydrogen-bond acceptors (Lipinski definition) is 6. The lowest BCUT2D eigenvalue weighted by molar-refractivity contribution is -0.129. The van der Waals surface area contributed by atoms with E-state index >= 15 is 0 Å². The Morgan fingerprint density at radius 1 is 1.31 bits per heavy atom. The van der Waals surface area contributed by atoms with Crippen molar-refractivity contribution in [3.63, 3.8) is 0 Å². The highest BCUT2D eigenvalue weighted by molar-refractivity contribution is 7.99. The van der Waals surface area contributed by atoms with Gasteiger partial charge in [-0.2, -0.15) is 0 Å². The van der Waals surface area contributed by atoms with E-state index in [0.717, 1.165) is 19.4 Å². The number of thiophene rings is 1. The summed E-state index contributed by atoms with van der Waals surface area (Å²) in [5, 5.41) is 11.7. The molecule has 1 amide bonds. The second-order valence-corrected chi connectivity index (χ2v) is 9.06. The van der Waals surface area contributed by atoms with Crippen LogP contribution in [0.3, 0.4) is 0 Å². The number of benzene rings is 1. The van der Waals surface area contributed by atoms with E-state index in [0.29, 0.717) is 27.5 Å². The topological polar surface area (TPSA) is 60.2 Å². The fourth-order valence-electron chi connectivity index (χ4n) is 3.35. The van der Waals surface area contributed by atoms with Crippen LogP contribution in [0.4, 0.5) is 0 Å². The third kappa shape index (κ3) is 4.60. The number of halogens is 1. The standard InChI is InChI=1S/C20H21ClN4O2S2/c1-24-18(12-27-16-8-3-2-6-14(16)21)22-23-20(24)29-13-19(26)25-10-4-7-15(25)17-9-5-11-28-17/h2-3,5-6,8-9,11,15H,4,7,10,12-13H2,1H3/t15-/m1/s1. The fourth-order valence-corrected chi connectivity index (χ4v) is 5.23. The van der Waals surface area contributed by atoms with E-state index in [1.165, 1.54) is 16.6 Å². The quantitative estimate of drug-likeness (QED) is 0.495. The third-order valence-electron chi connectivity index (χ3n) is 4.89. The van der Waals surface area contributed by atoms with Gasteiger partial charge in [0.1, 0.15) is 12.4 Å². The zero-order valence-corrected chi connectivity index (χ0v) is 18.3. The van der Waals surface area contributed by atoms with Gasteiger partial charge in [-0.15, -0.1) is 21.5 Å². The van der Waals surface area contributed by atoms with Gasteiger partial charge in [0.25, 0.3) is 0 Å². The van der Waals surface area contributed by atoms with Crippen molar-refractivity contribution in [2.24, 2.45) is 7.05 Å². The molecule has 9 heteroatoms. The van der Waals surface area contributed by atoms with E-state index in [1.54, 1.807) is 17.4 Å². The number of carbonyl (C=O) groups excluding carboxylic acids is 1. The Bertz CT molecular complexity index is 977. The van der Waals surface area contributed by atoms with E-state index in [9.17, 15) is 4.79 Å². The molecule has 1 saturated heterocycles. The van der Waals surface area contributed by atoms with Crippen LogP contribution in [0.5, 0.6) is 5.75 Å². The van der Waals surface area contributed by atoms with Gasteiger partial charge < -0.3 is 14.2 Å². The number of amides is 1. The molecule has 0 N–H and O–H groups in total.